The fraction of sp³-hybridized carbons (Fsp3) is 0.786. The van der Waals surface area contributed by atoms with E-state index in [4.69, 9.17) is 0 Å². The van der Waals surface area contributed by atoms with Crippen molar-refractivity contribution in [1.29, 1.82) is 0 Å². The lowest BCUT2D eigenvalue weighted by atomic mass is 9.97. The maximum Gasteiger partial charge on any atom is 0.0524 e. The van der Waals surface area contributed by atoms with Crippen LogP contribution in [0.1, 0.15) is 45.1 Å². The molecule has 0 bridgehead atoms. The lowest BCUT2D eigenvalue weighted by Crippen LogP contribution is -2.34. The smallest absolute Gasteiger partial charge is 0.0524 e. The van der Waals surface area contributed by atoms with Gasteiger partial charge in [0.05, 0.1) is 6.20 Å². The molecule has 3 heteroatoms. The lowest BCUT2D eigenvalue weighted by molar-refractivity contribution is 0.178. The molecule has 0 spiro atoms. The quantitative estimate of drug-likeness (QED) is 0.800. The summed E-state index contributed by atoms with van der Waals surface area (Å²) in [6, 6.07) is 0. The molecule has 1 fully saturated rings. The normalized spacial score (nSPS) is 19.1. The van der Waals surface area contributed by atoms with Crippen molar-refractivity contribution in [2.45, 2.75) is 46.1 Å². The minimum Gasteiger partial charge on any atom is -0.304 e. The SMILES string of the molecule is CCN1CCC(Cn2cc(C(C)C)cn2)CC1. The Morgan fingerprint density at radius 1 is 1.35 bits per heavy atom. The molecule has 1 aromatic rings. The zero-order valence-corrected chi connectivity index (χ0v) is 11.4. The van der Waals surface area contributed by atoms with Crippen LogP contribution in [0.2, 0.25) is 0 Å². The van der Waals surface area contributed by atoms with Crippen molar-refractivity contribution in [2.75, 3.05) is 19.6 Å². The van der Waals surface area contributed by atoms with E-state index in [1.54, 1.807) is 0 Å². The van der Waals surface area contributed by atoms with Crippen LogP contribution in [-0.4, -0.2) is 34.3 Å². The number of piperidine rings is 1. The van der Waals surface area contributed by atoms with Gasteiger partial charge in [-0.3, -0.25) is 4.68 Å². The van der Waals surface area contributed by atoms with Gasteiger partial charge in [-0.05, 0) is 49.9 Å². The van der Waals surface area contributed by atoms with Gasteiger partial charge < -0.3 is 4.90 Å². The van der Waals surface area contributed by atoms with Gasteiger partial charge in [-0.15, -0.1) is 0 Å². The molecule has 1 saturated heterocycles. The Kier molecular flexibility index (Phi) is 4.21. The van der Waals surface area contributed by atoms with Gasteiger partial charge in [-0.1, -0.05) is 20.8 Å². The summed E-state index contributed by atoms with van der Waals surface area (Å²) < 4.78 is 2.14. The highest BCUT2D eigenvalue weighted by Crippen LogP contribution is 2.20. The molecule has 1 aromatic heterocycles. The molecule has 2 rings (SSSR count). The summed E-state index contributed by atoms with van der Waals surface area (Å²) in [4.78, 5) is 2.54. The first-order valence-electron chi connectivity index (χ1n) is 6.93. The fourth-order valence-electron chi connectivity index (χ4n) is 2.53. The molecular weight excluding hydrogens is 210 g/mol. The van der Waals surface area contributed by atoms with Gasteiger partial charge >= 0.3 is 0 Å². The summed E-state index contributed by atoms with van der Waals surface area (Å²) in [6.45, 7) is 11.5. The highest BCUT2D eigenvalue weighted by molar-refractivity contribution is 5.08. The molecule has 0 saturated carbocycles. The van der Waals surface area contributed by atoms with Crippen molar-refractivity contribution in [1.82, 2.24) is 14.7 Å². The van der Waals surface area contributed by atoms with Crippen molar-refractivity contribution in [3.8, 4) is 0 Å². The van der Waals surface area contributed by atoms with Crippen molar-refractivity contribution >= 4 is 0 Å². The van der Waals surface area contributed by atoms with Crippen LogP contribution in [0, 0.1) is 5.92 Å². The first-order valence-corrected chi connectivity index (χ1v) is 6.93. The molecule has 0 radical (unpaired) electrons. The van der Waals surface area contributed by atoms with Crippen LogP contribution in [0.5, 0.6) is 0 Å². The third-order valence-electron chi connectivity index (χ3n) is 3.92. The monoisotopic (exact) mass is 235 g/mol. The molecule has 0 unspecified atom stereocenters. The second-order valence-electron chi connectivity index (χ2n) is 5.53. The van der Waals surface area contributed by atoms with E-state index in [9.17, 15) is 0 Å². The molecule has 1 aliphatic heterocycles. The van der Waals surface area contributed by atoms with E-state index < -0.39 is 0 Å². The van der Waals surface area contributed by atoms with E-state index >= 15 is 0 Å². The number of rotatable bonds is 4. The topological polar surface area (TPSA) is 21.1 Å². The second-order valence-corrected chi connectivity index (χ2v) is 5.53. The Bertz CT molecular complexity index is 335. The third-order valence-corrected chi connectivity index (χ3v) is 3.92. The molecule has 3 nitrogen and oxygen atoms in total. The number of likely N-dealkylation sites (tertiary alicyclic amines) is 1. The largest absolute Gasteiger partial charge is 0.304 e. The van der Waals surface area contributed by atoms with Crippen LogP contribution in [0.4, 0.5) is 0 Å². The Balaban J connectivity index is 1.84. The maximum atomic E-state index is 4.47. The second kappa shape index (κ2) is 5.67. The van der Waals surface area contributed by atoms with Crippen molar-refractivity contribution in [3.05, 3.63) is 18.0 Å². The zero-order chi connectivity index (χ0) is 12.3. The molecule has 17 heavy (non-hydrogen) atoms. The molecule has 0 aromatic carbocycles. The van der Waals surface area contributed by atoms with Crippen molar-refractivity contribution in [2.24, 2.45) is 5.92 Å². The highest BCUT2D eigenvalue weighted by Gasteiger charge is 2.18. The predicted molar refractivity (Wildman–Crippen MR) is 71.2 cm³/mol. The average Bonchev–Trinajstić information content (AvgIpc) is 2.79. The van der Waals surface area contributed by atoms with Gasteiger partial charge in [0.25, 0.3) is 0 Å². The van der Waals surface area contributed by atoms with Gasteiger partial charge in [-0.2, -0.15) is 5.10 Å². The number of nitrogens with zero attached hydrogens (tertiary/aromatic N) is 3. The Morgan fingerprint density at radius 3 is 2.59 bits per heavy atom. The molecule has 0 aliphatic carbocycles. The molecule has 2 heterocycles. The molecule has 0 atom stereocenters. The summed E-state index contributed by atoms with van der Waals surface area (Å²) in [7, 11) is 0. The first kappa shape index (κ1) is 12.6. The third kappa shape index (κ3) is 3.32. The van der Waals surface area contributed by atoms with Crippen LogP contribution < -0.4 is 0 Å². The van der Waals surface area contributed by atoms with E-state index in [0.29, 0.717) is 5.92 Å². The maximum absolute atomic E-state index is 4.47. The Hall–Kier alpha value is -0.830. The molecule has 96 valence electrons. The standard InChI is InChI=1S/C14H25N3/c1-4-16-7-5-13(6-8-16)10-17-11-14(9-15-17)12(2)3/h9,11-13H,4-8,10H2,1-3H3. The first-order chi connectivity index (χ1) is 8.19. The van der Waals surface area contributed by atoms with Crippen LogP contribution in [0.25, 0.3) is 0 Å². The van der Waals surface area contributed by atoms with Crippen molar-refractivity contribution in [3.63, 3.8) is 0 Å². The van der Waals surface area contributed by atoms with Crippen LogP contribution in [0.3, 0.4) is 0 Å². The van der Waals surface area contributed by atoms with E-state index in [1.165, 1.54) is 38.0 Å². The van der Waals surface area contributed by atoms with Gasteiger partial charge in [0.1, 0.15) is 0 Å². The number of aromatic nitrogens is 2. The lowest BCUT2D eigenvalue weighted by Gasteiger charge is -2.30. The van der Waals surface area contributed by atoms with E-state index in [-0.39, 0.29) is 0 Å². The zero-order valence-electron chi connectivity index (χ0n) is 11.4. The van der Waals surface area contributed by atoms with E-state index in [1.807, 2.05) is 6.20 Å². The summed E-state index contributed by atoms with van der Waals surface area (Å²) in [5.41, 5.74) is 1.36. The van der Waals surface area contributed by atoms with Gasteiger partial charge in [-0.25, -0.2) is 0 Å². The Labute approximate surface area is 105 Å². The minimum absolute atomic E-state index is 0.589. The summed E-state index contributed by atoms with van der Waals surface area (Å²) >= 11 is 0. The highest BCUT2D eigenvalue weighted by atomic mass is 15.3. The molecule has 0 N–H and O–H groups in total. The number of hydrogen-bond donors (Lipinski definition) is 0. The number of hydrogen-bond acceptors (Lipinski definition) is 2. The van der Waals surface area contributed by atoms with E-state index in [0.717, 1.165) is 12.5 Å². The summed E-state index contributed by atoms with van der Waals surface area (Å²) in [6.07, 6.45) is 6.89. The molecule has 1 aliphatic rings. The van der Waals surface area contributed by atoms with Crippen LogP contribution >= 0.6 is 0 Å². The fourth-order valence-corrected chi connectivity index (χ4v) is 2.53. The van der Waals surface area contributed by atoms with Gasteiger partial charge in [0.15, 0.2) is 0 Å². The average molecular weight is 235 g/mol. The Morgan fingerprint density at radius 2 is 2.06 bits per heavy atom. The van der Waals surface area contributed by atoms with Gasteiger partial charge in [0, 0.05) is 12.7 Å². The van der Waals surface area contributed by atoms with Crippen molar-refractivity contribution < 1.29 is 0 Å². The summed E-state index contributed by atoms with van der Waals surface area (Å²) in [5.74, 6) is 1.41. The van der Waals surface area contributed by atoms with Crippen LogP contribution in [-0.2, 0) is 6.54 Å². The minimum atomic E-state index is 0.589. The summed E-state index contributed by atoms with van der Waals surface area (Å²) in [5, 5.41) is 4.47. The van der Waals surface area contributed by atoms with Gasteiger partial charge in [0.2, 0.25) is 0 Å². The van der Waals surface area contributed by atoms with Crippen LogP contribution in [0.15, 0.2) is 12.4 Å². The molecule has 0 amide bonds. The molecular formula is C14H25N3. The van der Waals surface area contributed by atoms with E-state index in [2.05, 4.69) is 41.6 Å². The predicted octanol–water partition coefficient (Wildman–Crippen LogP) is 2.74.